The number of benzene rings is 1. The molecule has 1 aromatic carbocycles. The maximum Gasteiger partial charge on any atom is 0.338 e. The van der Waals surface area contributed by atoms with Crippen molar-refractivity contribution in [3.63, 3.8) is 0 Å². The Bertz CT molecular complexity index is 1020. The van der Waals surface area contributed by atoms with Crippen molar-refractivity contribution >= 4 is 5.97 Å². The summed E-state index contributed by atoms with van der Waals surface area (Å²) in [6.07, 6.45) is 13.2. The third kappa shape index (κ3) is 4.03. The predicted octanol–water partition coefficient (Wildman–Crippen LogP) is 8.71. The van der Waals surface area contributed by atoms with E-state index in [-0.39, 0.29) is 17.7 Å². The van der Waals surface area contributed by atoms with Crippen LogP contribution in [-0.4, -0.2) is 23.8 Å². The van der Waals surface area contributed by atoms with Crippen molar-refractivity contribution < 1.29 is 14.3 Å². The molecule has 38 heavy (non-hydrogen) atoms. The van der Waals surface area contributed by atoms with Gasteiger partial charge in [0.05, 0.1) is 11.7 Å². The van der Waals surface area contributed by atoms with Crippen LogP contribution in [-0.2, 0) is 9.47 Å². The van der Waals surface area contributed by atoms with Crippen LogP contribution in [0, 0.1) is 52.3 Å². The van der Waals surface area contributed by atoms with E-state index in [0.29, 0.717) is 28.4 Å². The fraction of sp³-hybridized carbons (Fsp3) is 0.800. The van der Waals surface area contributed by atoms with Gasteiger partial charge in [0.25, 0.3) is 0 Å². The summed E-state index contributed by atoms with van der Waals surface area (Å²) in [5.74, 6) is 5.23. The number of epoxide rings is 1. The number of ether oxygens (including phenoxy) is 2. The van der Waals surface area contributed by atoms with E-state index in [0.717, 1.165) is 48.3 Å². The van der Waals surface area contributed by atoms with Gasteiger partial charge < -0.3 is 9.47 Å². The minimum Gasteiger partial charge on any atom is -0.459 e. The molecule has 1 heterocycles. The average molecular weight is 521 g/mol. The molecule has 3 heteroatoms. The van der Waals surface area contributed by atoms with E-state index < -0.39 is 0 Å². The Morgan fingerprint density at radius 2 is 1.71 bits per heavy atom. The predicted molar refractivity (Wildman–Crippen MR) is 153 cm³/mol. The number of carbonyl (C=O) groups excluding carboxylic acids is 1. The summed E-state index contributed by atoms with van der Waals surface area (Å²) >= 11 is 0. The summed E-state index contributed by atoms with van der Waals surface area (Å²) in [6, 6.07) is 9.52. The first-order chi connectivity index (χ1) is 18.1. The molecule has 0 bridgehead atoms. The Morgan fingerprint density at radius 1 is 0.947 bits per heavy atom. The molecule has 0 radical (unpaired) electrons. The Morgan fingerprint density at radius 3 is 2.45 bits per heavy atom. The molecule has 1 spiro atoms. The van der Waals surface area contributed by atoms with Gasteiger partial charge in [0, 0.05) is 5.41 Å². The van der Waals surface area contributed by atoms with Crippen LogP contribution in [0.3, 0.4) is 0 Å². The van der Waals surface area contributed by atoms with Gasteiger partial charge in [-0.1, -0.05) is 72.6 Å². The molecule has 6 rings (SSSR count). The van der Waals surface area contributed by atoms with Crippen molar-refractivity contribution in [1.82, 2.24) is 0 Å². The molecule has 1 saturated heterocycles. The van der Waals surface area contributed by atoms with Crippen molar-refractivity contribution in [2.24, 2.45) is 52.3 Å². The lowest BCUT2D eigenvalue weighted by atomic mass is 9.44. The minimum absolute atomic E-state index is 0.0687. The largest absolute Gasteiger partial charge is 0.459 e. The molecule has 5 aliphatic rings. The fourth-order valence-corrected chi connectivity index (χ4v) is 10.5. The monoisotopic (exact) mass is 520 g/mol. The molecule has 4 aliphatic carbocycles. The molecule has 0 aromatic heterocycles. The molecule has 1 aliphatic heterocycles. The third-order valence-corrected chi connectivity index (χ3v) is 13.3. The Hall–Kier alpha value is -1.35. The summed E-state index contributed by atoms with van der Waals surface area (Å²) in [5, 5.41) is 0. The third-order valence-electron chi connectivity index (χ3n) is 13.3. The van der Waals surface area contributed by atoms with Gasteiger partial charge in [0.2, 0.25) is 0 Å². The van der Waals surface area contributed by atoms with Crippen LogP contribution in [0.5, 0.6) is 0 Å². The highest BCUT2D eigenvalue weighted by Crippen LogP contribution is 2.77. The maximum absolute atomic E-state index is 12.8. The van der Waals surface area contributed by atoms with Gasteiger partial charge in [-0.15, -0.1) is 0 Å². The number of fused-ring (bicyclic) bond motifs is 3. The highest BCUT2D eigenvalue weighted by atomic mass is 16.6. The molecule has 5 fully saturated rings. The van der Waals surface area contributed by atoms with Crippen LogP contribution in [0.15, 0.2) is 30.3 Å². The summed E-state index contributed by atoms with van der Waals surface area (Å²) in [6.45, 7) is 15.0. The van der Waals surface area contributed by atoms with Gasteiger partial charge in [0.1, 0.15) is 11.7 Å². The standard InChI is InChI=1S/C35H52O3/c1-22(2)23(3)12-13-24(4)30-21-31-35(38-31)29-15-14-26-20-27(37-32(36)25-10-8-7-9-11-25)16-18-33(26,5)28(29)17-19-34(30,35)6/h7-11,22-24,26-31H,12-21H2,1-6H3. The molecule has 4 saturated carbocycles. The summed E-state index contributed by atoms with van der Waals surface area (Å²) in [4.78, 5) is 12.8. The van der Waals surface area contributed by atoms with Gasteiger partial charge in [0.15, 0.2) is 0 Å². The molecule has 1 aromatic rings. The van der Waals surface area contributed by atoms with Crippen LogP contribution >= 0.6 is 0 Å². The smallest absolute Gasteiger partial charge is 0.338 e. The van der Waals surface area contributed by atoms with Gasteiger partial charge in [-0.2, -0.15) is 0 Å². The highest BCUT2D eigenvalue weighted by Gasteiger charge is 2.80. The van der Waals surface area contributed by atoms with Gasteiger partial charge in [-0.3, -0.25) is 0 Å². The zero-order valence-electron chi connectivity index (χ0n) is 24.9. The van der Waals surface area contributed by atoms with E-state index >= 15 is 0 Å². The molecular formula is C35H52O3. The lowest BCUT2D eigenvalue weighted by Gasteiger charge is -2.61. The molecule has 0 amide bonds. The Kier molecular flexibility index (Phi) is 6.81. The normalized spacial score (nSPS) is 44.8. The number of carbonyl (C=O) groups is 1. The SMILES string of the molecule is CC(C)C(C)CCC(C)C1CC2OC23C2CCC4CC(OC(=O)c5ccccc5)CCC4(C)C2CCC13C. The zero-order valence-corrected chi connectivity index (χ0v) is 24.9. The van der Waals surface area contributed by atoms with E-state index in [4.69, 9.17) is 9.47 Å². The quantitative estimate of drug-likeness (QED) is 0.266. The molecule has 3 nitrogen and oxygen atoms in total. The van der Waals surface area contributed by atoms with E-state index in [9.17, 15) is 4.79 Å². The van der Waals surface area contributed by atoms with Crippen LogP contribution in [0.2, 0.25) is 0 Å². The topological polar surface area (TPSA) is 38.8 Å². The number of esters is 1. The summed E-state index contributed by atoms with van der Waals surface area (Å²) in [5.41, 5.74) is 1.55. The van der Waals surface area contributed by atoms with Crippen molar-refractivity contribution in [3.05, 3.63) is 35.9 Å². The number of rotatable bonds is 7. The van der Waals surface area contributed by atoms with Crippen molar-refractivity contribution in [2.45, 2.75) is 124 Å². The molecule has 210 valence electrons. The first-order valence-electron chi connectivity index (χ1n) is 16.0. The lowest BCUT2D eigenvalue weighted by Crippen LogP contribution is -2.59. The molecule has 11 unspecified atom stereocenters. The van der Waals surface area contributed by atoms with Crippen LogP contribution in [0.25, 0.3) is 0 Å². The summed E-state index contributed by atoms with van der Waals surface area (Å²) < 4.78 is 12.9. The second-order valence-corrected chi connectivity index (χ2v) is 15.1. The zero-order chi connectivity index (χ0) is 26.9. The van der Waals surface area contributed by atoms with Gasteiger partial charge >= 0.3 is 5.97 Å². The van der Waals surface area contributed by atoms with Crippen molar-refractivity contribution in [3.8, 4) is 0 Å². The second kappa shape index (κ2) is 9.64. The maximum atomic E-state index is 12.8. The first kappa shape index (κ1) is 26.9. The van der Waals surface area contributed by atoms with Crippen LogP contribution in [0.1, 0.15) is 116 Å². The van der Waals surface area contributed by atoms with Crippen molar-refractivity contribution in [1.29, 1.82) is 0 Å². The van der Waals surface area contributed by atoms with Crippen molar-refractivity contribution in [2.75, 3.05) is 0 Å². The average Bonchev–Trinajstić information content (AvgIpc) is 3.57. The van der Waals surface area contributed by atoms with Crippen LogP contribution < -0.4 is 0 Å². The lowest BCUT2D eigenvalue weighted by molar-refractivity contribution is -0.150. The van der Waals surface area contributed by atoms with Crippen LogP contribution in [0.4, 0.5) is 0 Å². The highest BCUT2D eigenvalue weighted by molar-refractivity contribution is 5.89. The molecule has 0 N–H and O–H groups in total. The van der Waals surface area contributed by atoms with E-state index in [1.807, 2.05) is 30.3 Å². The first-order valence-corrected chi connectivity index (χ1v) is 16.0. The van der Waals surface area contributed by atoms with E-state index in [1.165, 1.54) is 51.4 Å². The fourth-order valence-electron chi connectivity index (χ4n) is 10.5. The molecular weight excluding hydrogens is 468 g/mol. The second-order valence-electron chi connectivity index (χ2n) is 15.1. The van der Waals surface area contributed by atoms with E-state index in [1.54, 1.807) is 0 Å². The Labute approximate surface area is 231 Å². The minimum atomic E-state index is -0.150. The molecule has 11 atom stereocenters. The van der Waals surface area contributed by atoms with Gasteiger partial charge in [-0.25, -0.2) is 4.79 Å². The van der Waals surface area contributed by atoms with Gasteiger partial charge in [-0.05, 0) is 110 Å². The van der Waals surface area contributed by atoms with E-state index in [2.05, 4.69) is 41.5 Å². The number of hydrogen-bond donors (Lipinski definition) is 0. The summed E-state index contributed by atoms with van der Waals surface area (Å²) in [7, 11) is 0. The number of hydrogen-bond acceptors (Lipinski definition) is 3. The Balaban J connectivity index is 1.13.